The van der Waals surface area contributed by atoms with Crippen LogP contribution in [0, 0.1) is 29.6 Å². The summed E-state index contributed by atoms with van der Waals surface area (Å²) in [7, 11) is 0. The lowest BCUT2D eigenvalue weighted by atomic mass is 9.83. The number of aliphatic hydroxyl groups is 4. The van der Waals surface area contributed by atoms with Gasteiger partial charge in [-0.1, -0.05) is 143 Å². The Bertz CT molecular complexity index is 3250. The summed E-state index contributed by atoms with van der Waals surface area (Å²) in [4.78, 5) is 194. The van der Waals surface area contributed by atoms with Crippen LogP contribution in [0.2, 0.25) is 0 Å². The molecule has 1 aromatic carbocycles. The van der Waals surface area contributed by atoms with Gasteiger partial charge in [0.25, 0.3) is 0 Å². The van der Waals surface area contributed by atoms with Gasteiger partial charge in [0.15, 0.2) is 24.2 Å². The van der Waals surface area contributed by atoms with Crippen molar-refractivity contribution in [2.45, 2.75) is 248 Å². The number of nitrogens with two attached hydrogens (primary N) is 4. The first-order valence-corrected chi connectivity index (χ1v) is 35.9. The lowest BCUT2D eigenvalue weighted by Gasteiger charge is -2.34. The second-order valence-electron chi connectivity index (χ2n) is 27.9. The fourth-order valence-corrected chi connectivity index (χ4v) is 11.8. The van der Waals surface area contributed by atoms with Gasteiger partial charge in [-0.2, -0.15) is 26.3 Å². The summed E-state index contributed by atoms with van der Waals surface area (Å²) in [6.45, 7) is 8.38. The molecular weight excluding hydrogens is 1480 g/mol. The molecule has 42 heteroatoms. The number of carbonyl (C=O) groups is 14. The minimum Gasteiger partial charge on any atom is -0.475 e. The molecule has 3 fully saturated rings. The minimum absolute atomic E-state index is 0.0428. The van der Waals surface area contributed by atoms with Gasteiger partial charge in [-0.3, -0.25) is 57.7 Å². The van der Waals surface area contributed by atoms with Crippen LogP contribution in [-0.2, 0) is 71.9 Å². The number of carbonyl (C=O) groups excluding carboxylic acids is 12. The molecule has 1 aromatic rings. The van der Waals surface area contributed by atoms with Crippen molar-refractivity contribution >= 4 is 88.8 Å². The van der Waals surface area contributed by atoms with E-state index < -0.39 is 205 Å². The fraction of sp³-hybridized carbons (Fsp3) is 0.691. The number of aliphatic carboxylic acids is 2. The highest BCUT2D eigenvalue weighted by Gasteiger charge is 2.45. The molecule has 24 N–H and O–H groups in total. The maximum absolute atomic E-state index is 15.6. The first-order valence-electron chi connectivity index (χ1n) is 35.9. The Balaban J connectivity index is 0.00000266. The average molecular weight is 1580 g/mol. The van der Waals surface area contributed by atoms with E-state index in [1.807, 2.05) is 5.32 Å². The van der Waals surface area contributed by atoms with Crippen LogP contribution in [0.4, 0.5) is 26.3 Å². The zero-order valence-electron chi connectivity index (χ0n) is 62.1. The van der Waals surface area contributed by atoms with Crippen molar-refractivity contribution in [1.82, 2.24) is 53.2 Å². The molecule has 0 bridgehead atoms. The zero-order chi connectivity index (χ0) is 83.7. The number of aliphatic hydroxyl groups excluding tert-OH is 4. The molecule has 15 atom stereocenters. The van der Waals surface area contributed by atoms with Gasteiger partial charge >= 0.3 is 30.3 Å². The predicted octanol–water partition coefficient (Wildman–Crippen LogP) is -2.32. The Morgan fingerprint density at radius 2 is 1.08 bits per heavy atom. The highest BCUT2D eigenvalue weighted by atomic mass is 19.4. The molecule has 110 heavy (non-hydrogen) atoms. The van der Waals surface area contributed by atoms with Gasteiger partial charge in [0.1, 0.15) is 48.3 Å². The maximum atomic E-state index is 15.6. The summed E-state index contributed by atoms with van der Waals surface area (Å²) in [5, 5.41) is 83.3. The number of hydrogen-bond acceptors (Lipinski definition) is 21. The third-order valence-electron chi connectivity index (χ3n) is 18.1. The molecule has 0 spiro atoms. The normalized spacial score (nSPS) is 24.2. The number of alkyl halides is 6. The predicted molar refractivity (Wildman–Crippen MR) is 377 cm³/mol. The molecule has 1 heterocycles. The van der Waals surface area contributed by atoms with E-state index in [0.717, 1.165) is 58.3 Å². The highest BCUT2D eigenvalue weighted by molar-refractivity contribution is 6.00. The van der Waals surface area contributed by atoms with Crippen LogP contribution in [-0.4, -0.2) is 230 Å². The van der Waals surface area contributed by atoms with Crippen molar-refractivity contribution in [3.8, 4) is 0 Å². The van der Waals surface area contributed by atoms with E-state index in [9.17, 15) is 89.9 Å². The fourth-order valence-electron chi connectivity index (χ4n) is 11.8. The number of halogens is 6. The quantitative estimate of drug-likeness (QED) is 0.0180. The summed E-state index contributed by atoms with van der Waals surface area (Å²) < 4.78 is 69.5. The second kappa shape index (κ2) is 46.8. The van der Waals surface area contributed by atoms with Gasteiger partial charge in [-0.25, -0.2) is 14.4 Å². The van der Waals surface area contributed by atoms with Crippen LogP contribution in [0.25, 0.3) is 0 Å². The largest absolute Gasteiger partial charge is 0.490 e. The number of nitrogens with zero attached hydrogens (tertiary/aromatic N) is 1. The number of primary amides is 1. The second-order valence-corrected chi connectivity index (χ2v) is 27.9. The molecule has 4 rings (SSSR count). The first-order chi connectivity index (χ1) is 51.2. The standard InChI is InChI=1S/C64H105N15O17.2C2HF3O2/c1-8-34(6)45-59(91)77-46(35(7)81)58(90)70-30-44(82)75-48(51(84)53(66)85)61(93)74-43(31-80)63(95)96-52(38-23-16-11-17-24-38)49(79-57(89)42(29-37-21-14-10-15-22-37)72-54(86)39(65)28-36-19-12-9-13-20-36)62(94)78-47(50(83)33(4)5)60(92)73-41(27-32(2)3)56(88)71-40(55(87)76-45)25-18-26-69-64(67)68;2*3-2(4,5)1(6)7/h11,16-17,23-24,32-37,39-43,45-52,80-81,83-84H,8-10,12-15,18-22,25-31,65H2,1-7H3,(H2,66,85)(H,70,90)(H,71,88)(H,72,86)(H,73,92)(H,74,93)(H,75,82)(H,76,87)(H,77,91)(H,78,94)(H,79,89)(H4,67,68,69);2*(H,6,7)/t34-,35-,39+,40+,41-,42-,43-,45-,46-,47-,48-,49-,50+,51-,52+;;/m0../s1. The Hall–Kier alpha value is -9.55. The minimum atomic E-state index is -5.08. The number of aliphatic imine (C=N–C) groups is 1. The SMILES string of the molecule is CC[C@H](C)[C@@H]1NC(=O)[C@@H](CCCN=C(N)N)NC(=O)[C@H](CC(C)C)NC(=O)[C@H]([C@H](O)C(C)C)NC(=O)[C@@H](NC(=O)[C@H](CC2CCCCC2)NC(=O)[C@H](N)CC2CCCCC2)[C@@H](c2ccccc2)OC(=O)[C@H](CO)NC(=O)[C@H]([C@H](O)C(N)=O)NC(=O)CNC(=O)[C@H]([C@H](C)O)NC1=O.O=C(O)C(F)(F)F.O=C(O)C(F)(F)F. The molecule has 3 aliphatic rings. The zero-order valence-corrected chi connectivity index (χ0v) is 62.1. The van der Waals surface area contributed by atoms with Crippen molar-refractivity contribution in [1.29, 1.82) is 0 Å². The number of esters is 1. The van der Waals surface area contributed by atoms with Gasteiger partial charge in [0, 0.05) is 6.54 Å². The van der Waals surface area contributed by atoms with Crippen LogP contribution in [0.3, 0.4) is 0 Å². The number of amides is 11. The van der Waals surface area contributed by atoms with Crippen molar-refractivity contribution in [2.75, 3.05) is 19.7 Å². The summed E-state index contributed by atoms with van der Waals surface area (Å²) >= 11 is 0. The number of hydrogen-bond donors (Lipinski definition) is 20. The third-order valence-corrected chi connectivity index (χ3v) is 18.1. The lowest BCUT2D eigenvalue weighted by Crippen LogP contribution is -2.64. The Kier molecular flexibility index (Phi) is 41.1. The van der Waals surface area contributed by atoms with Gasteiger partial charge < -0.3 is 111 Å². The van der Waals surface area contributed by atoms with Crippen LogP contribution < -0.4 is 76.1 Å². The number of ether oxygens (including phenoxy) is 1. The van der Waals surface area contributed by atoms with E-state index >= 15 is 14.4 Å². The first kappa shape index (κ1) is 96.5. The molecule has 0 unspecified atom stereocenters. The summed E-state index contributed by atoms with van der Waals surface area (Å²) in [5.74, 6) is -22.0. The van der Waals surface area contributed by atoms with E-state index in [1.165, 1.54) is 38.1 Å². The molecule has 36 nitrogen and oxygen atoms in total. The van der Waals surface area contributed by atoms with E-state index in [0.29, 0.717) is 19.3 Å². The average Bonchev–Trinajstić information content (AvgIpc) is 0.810. The van der Waals surface area contributed by atoms with E-state index in [4.69, 9.17) is 47.5 Å². The molecule has 2 aliphatic carbocycles. The van der Waals surface area contributed by atoms with Crippen molar-refractivity contribution < 1.29 is 129 Å². The van der Waals surface area contributed by atoms with Crippen LogP contribution in [0.15, 0.2) is 35.3 Å². The maximum Gasteiger partial charge on any atom is 0.490 e. The molecule has 622 valence electrons. The van der Waals surface area contributed by atoms with Crippen LogP contribution >= 0.6 is 0 Å². The van der Waals surface area contributed by atoms with E-state index in [2.05, 4.69) is 52.8 Å². The Morgan fingerprint density at radius 3 is 1.56 bits per heavy atom. The summed E-state index contributed by atoms with van der Waals surface area (Å²) in [5.41, 5.74) is 23.0. The molecule has 0 aromatic heterocycles. The number of carboxylic acid groups (broad SMARTS) is 2. The third kappa shape index (κ3) is 33.7. The van der Waals surface area contributed by atoms with E-state index in [1.54, 1.807) is 33.8 Å². The molecule has 2 saturated carbocycles. The Morgan fingerprint density at radius 1 is 0.600 bits per heavy atom. The molecule has 0 radical (unpaired) electrons. The van der Waals surface area contributed by atoms with Crippen molar-refractivity contribution in [3.63, 3.8) is 0 Å². The molecule has 1 aliphatic heterocycles. The van der Waals surface area contributed by atoms with Gasteiger partial charge in [-0.15, -0.1) is 0 Å². The van der Waals surface area contributed by atoms with Gasteiger partial charge in [0.2, 0.25) is 65.0 Å². The van der Waals surface area contributed by atoms with Crippen LogP contribution in [0.1, 0.15) is 163 Å². The van der Waals surface area contributed by atoms with E-state index in [-0.39, 0.29) is 67.9 Å². The van der Waals surface area contributed by atoms with Crippen LogP contribution in [0.5, 0.6) is 0 Å². The number of benzene rings is 1. The Labute approximate surface area is 630 Å². The van der Waals surface area contributed by atoms with Crippen molar-refractivity contribution in [3.05, 3.63) is 35.9 Å². The smallest absolute Gasteiger partial charge is 0.475 e. The summed E-state index contributed by atoms with van der Waals surface area (Å²) in [6.07, 6.45) is -9.24. The van der Waals surface area contributed by atoms with Gasteiger partial charge in [0.05, 0.1) is 31.4 Å². The lowest BCUT2D eigenvalue weighted by molar-refractivity contribution is -0.193. The number of cyclic esters (lactones) is 1. The number of guanidine groups is 1. The highest BCUT2D eigenvalue weighted by Crippen LogP contribution is 2.31. The number of nitrogens with one attached hydrogen (secondary N) is 10. The molecule has 11 amide bonds. The van der Waals surface area contributed by atoms with Gasteiger partial charge in [-0.05, 0) is 74.2 Å². The van der Waals surface area contributed by atoms with Crippen molar-refractivity contribution in [2.24, 2.45) is 57.5 Å². The number of rotatable bonds is 23. The molecular formula is C68H107F6N15O21. The molecule has 1 saturated heterocycles. The summed E-state index contributed by atoms with van der Waals surface area (Å²) in [6, 6.07) is -10.4. The topological polar surface area (TPSA) is 606 Å². The number of carboxylic acids is 2. The monoisotopic (exact) mass is 1580 g/mol.